The van der Waals surface area contributed by atoms with E-state index in [9.17, 15) is 13.2 Å². The summed E-state index contributed by atoms with van der Waals surface area (Å²) in [5, 5.41) is 0. The van der Waals surface area contributed by atoms with Gasteiger partial charge in [0.05, 0.1) is 13.2 Å². The Hall–Kier alpha value is -2.24. The Bertz CT molecular complexity index is 977. The van der Waals surface area contributed by atoms with E-state index in [1.807, 2.05) is 0 Å². The Morgan fingerprint density at radius 2 is 1.12 bits per heavy atom. The van der Waals surface area contributed by atoms with Crippen molar-refractivity contribution < 1.29 is 27.0 Å². The molecule has 2 aliphatic rings. The first-order valence-corrected chi connectivity index (χ1v) is 12.6. The first-order chi connectivity index (χ1) is 16.4. The van der Waals surface area contributed by atoms with Crippen molar-refractivity contribution in [2.24, 2.45) is 11.8 Å². The molecule has 0 heterocycles. The Balaban J connectivity index is 1.33. The van der Waals surface area contributed by atoms with Gasteiger partial charge in [0.1, 0.15) is 0 Å². The van der Waals surface area contributed by atoms with Gasteiger partial charge in [0.15, 0.2) is 23.1 Å². The standard InChI is InChI=1S/C28H34F4O2/c1-3-33-23-14-15-24(28(32)27(23)31)34-16-18-6-10-20(11-7-18)22-13-12-21(25(29)26(22)30)19-8-4-17(2)5-9-19/h12-15,17-20H,3-11,16H2,1-2H3. The van der Waals surface area contributed by atoms with Crippen molar-refractivity contribution in [3.63, 3.8) is 0 Å². The quantitative estimate of drug-likeness (QED) is 0.373. The maximum atomic E-state index is 15.0. The van der Waals surface area contributed by atoms with E-state index in [1.165, 1.54) is 12.1 Å². The van der Waals surface area contributed by atoms with Crippen molar-refractivity contribution >= 4 is 0 Å². The molecule has 2 aliphatic carbocycles. The molecule has 2 aromatic carbocycles. The van der Waals surface area contributed by atoms with Crippen LogP contribution in [-0.2, 0) is 0 Å². The summed E-state index contributed by atoms with van der Waals surface area (Å²) in [5.41, 5.74) is 0.990. The number of rotatable bonds is 7. The van der Waals surface area contributed by atoms with E-state index in [-0.39, 0.29) is 42.5 Å². The molecule has 2 fully saturated rings. The molecule has 0 aliphatic heterocycles. The predicted molar refractivity (Wildman–Crippen MR) is 124 cm³/mol. The van der Waals surface area contributed by atoms with Gasteiger partial charge in [-0.25, -0.2) is 8.78 Å². The maximum absolute atomic E-state index is 15.0. The fourth-order valence-electron chi connectivity index (χ4n) is 5.52. The highest BCUT2D eigenvalue weighted by Gasteiger charge is 2.29. The summed E-state index contributed by atoms with van der Waals surface area (Å²) >= 11 is 0. The molecule has 0 spiro atoms. The van der Waals surface area contributed by atoms with Crippen LogP contribution in [0.25, 0.3) is 0 Å². The van der Waals surface area contributed by atoms with Crippen LogP contribution in [0.15, 0.2) is 24.3 Å². The summed E-state index contributed by atoms with van der Waals surface area (Å²) in [7, 11) is 0. The average Bonchev–Trinajstić information content (AvgIpc) is 2.84. The van der Waals surface area contributed by atoms with E-state index in [4.69, 9.17) is 9.47 Å². The van der Waals surface area contributed by atoms with E-state index in [2.05, 4.69) is 6.92 Å². The summed E-state index contributed by atoms with van der Waals surface area (Å²) < 4.78 is 68.9. The Labute approximate surface area is 199 Å². The molecule has 0 aromatic heterocycles. The molecular weight excluding hydrogens is 444 g/mol. The molecule has 0 atom stereocenters. The normalized spacial score (nSPS) is 25.2. The van der Waals surface area contributed by atoms with Crippen LogP contribution < -0.4 is 9.47 Å². The number of hydrogen-bond acceptors (Lipinski definition) is 2. The minimum absolute atomic E-state index is 0.0363. The molecule has 0 bridgehead atoms. The Morgan fingerprint density at radius 1 is 0.647 bits per heavy atom. The maximum Gasteiger partial charge on any atom is 0.204 e. The minimum atomic E-state index is -1.05. The molecule has 4 rings (SSSR count). The number of ether oxygens (including phenoxy) is 2. The molecule has 34 heavy (non-hydrogen) atoms. The van der Waals surface area contributed by atoms with Gasteiger partial charge in [-0.05, 0) is 92.4 Å². The second-order valence-corrected chi connectivity index (χ2v) is 9.98. The van der Waals surface area contributed by atoms with Gasteiger partial charge in [-0.2, -0.15) is 8.78 Å². The lowest BCUT2D eigenvalue weighted by atomic mass is 9.76. The topological polar surface area (TPSA) is 18.5 Å². The molecule has 186 valence electrons. The average molecular weight is 479 g/mol. The molecular formula is C28H34F4O2. The third-order valence-electron chi connectivity index (χ3n) is 7.67. The lowest BCUT2D eigenvalue weighted by Gasteiger charge is -2.30. The Morgan fingerprint density at radius 3 is 1.62 bits per heavy atom. The van der Waals surface area contributed by atoms with Crippen LogP contribution in [0.2, 0.25) is 0 Å². The monoisotopic (exact) mass is 478 g/mol. The van der Waals surface area contributed by atoms with Crippen molar-refractivity contribution in [1.82, 2.24) is 0 Å². The van der Waals surface area contributed by atoms with E-state index in [1.54, 1.807) is 19.1 Å². The van der Waals surface area contributed by atoms with Crippen LogP contribution in [-0.4, -0.2) is 13.2 Å². The van der Waals surface area contributed by atoms with Crippen molar-refractivity contribution in [3.8, 4) is 11.5 Å². The first-order valence-electron chi connectivity index (χ1n) is 12.6. The molecule has 0 radical (unpaired) electrons. The number of hydrogen-bond donors (Lipinski definition) is 0. The molecule has 2 nitrogen and oxygen atoms in total. The highest BCUT2D eigenvalue weighted by Crippen LogP contribution is 2.41. The molecule has 0 N–H and O–H groups in total. The van der Waals surface area contributed by atoms with Crippen molar-refractivity contribution in [2.75, 3.05) is 13.2 Å². The molecule has 0 amide bonds. The van der Waals surface area contributed by atoms with Gasteiger partial charge < -0.3 is 9.47 Å². The number of halogens is 4. The highest BCUT2D eigenvalue weighted by molar-refractivity contribution is 5.35. The summed E-state index contributed by atoms with van der Waals surface area (Å²) in [5.74, 6) is -2.84. The van der Waals surface area contributed by atoms with Gasteiger partial charge >= 0.3 is 0 Å². The van der Waals surface area contributed by atoms with Gasteiger partial charge in [0.2, 0.25) is 11.6 Å². The van der Waals surface area contributed by atoms with Crippen LogP contribution >= 0.6 is 0 Å². The SMILES string of the molecule is CCOc1ccc(OCC2CCC(c3ccc(C4CCC(C)CC4)c(F)c3F)CC2)c(F)c1F. The third kappa shape index (κ3) is 5.36. The second kappa shape index (κ2) is 11.0. The summed E-state index contributed by atoms with van der Waals surface area (Å²) in [4.78, 5) is 0. The molecule has 2 saturated carbocycles. The van der Waals surface area contributed by atoms with Crippen molar-refractivity contribution in [3.05, 3.63) is 58.7 Å². The zero-order chi connectivity index (χ0) is 24.2. The van der Waals surface area contributed by atoms with Gasteiger partial charge in [-0.3, -0.25) is 0 Å². The summed E-state index contributed by atoms with van der Waals surface area (Å²) in [6.07, 6.45) is 6.90. The molecule has 0 unspecified atom stereocenters. The highest BCUT2D eigenvalue weighted by atomic mass is 19.2. The van der Waals surface area contributed by atoms with E-state index >= 15 is 4.39 Å². The zero-order valence-corrected chi connectivity index (χ0v) is 20.0. The van der Waals surface area contributed by atoms with Gasteiger partial charge in [-0.15, -0.1) is 0 Å². The Kier molecular flexibility index (Phi) is 8.05. The minimum Gasteiger partial charge on any atom is -0.491 e. The third-order valence-corrected chi connectivity index (χ3v) is 7.67. The lowest BCUT2D eigenvalue weighted by Crippen LogP contribution is -2.21. The molecule has 6 heteroatoms. The predicted octanol–water partition coefficient (Wildman–Crippen LogP) is 8.29. The number of benzene rings is 2. The van der Waals surface area contributed by atoms with E-state index < -0.39 is 23.3 Å². The summed E-state index contributed by atoms with van der Waals surface area (Å²) in [6.45, 7) is 4.41. The summed E-state index contributed by atoms with van der Waals surface area (Å²) in [6, 6.07) is 6.32. The van der Waals surface area contributed by atoms with E-state index in [0.717, 1.165) is 38.5 Å². The van der Waals surface area contributed by atoms with Gasteiger partial charge in [0, 0.05) is 0 Å². The smallest absolute Gasteiger partial charge is 0.204 e. The van der Waals surface area contributed by atoms with Crippen LogP contribution in [0.4, 0.5) is 17.6 Å². The fourth-order valence-corrected chi connectivity index (χ4v) is 5.52. The van der Waals surface area contributed by atoms with Crippen LogP contribution in [0.3, 0.4) is 0 Å². The first kappa shape index (κ1) is 24.9. The zero-order valence-electron chi connectivity index (χ0n) is 20.0. The largest absolute Gasteiger partial charge is 0.491 e. The van der Waals surface area contributed by atoms with Crippen LogP contribution in [0.5, 0.6) is 11.5 Å². The lowest BCUT2D eigenvalue weighted by molar-refractivity contribution is 0.190. The van der Waals surface area contributed by atoms with E-state index in [0.29, 0.717) is 29.9 Å². The molecule has 2 aromatic rings. The van der Waals surface area contributed by atoms with Crippen LogP contribution in [0.1, 0.15) is 88.2 Å². The van der Waals surface area contributed by atoms with Crippen molar-refractivity contribution in [1.29, 1.82) is 0 Å². The second-order valence-electron chi connectivity index (χ2n) is 9.98. The van der Waals surface area contributed by atoms with Crippen LogP contribution in [0, 0.1) is 35.1 Å². The van der Waals surface area contributed by atoms with Crippen molar-refractivity contribution in [2.45, 2.75) is 77.0 Å². The molecule has 0 saturated heterocycles. The van der Waals surface area contributed by atoms with Gasteiger partial charge in [-0.1, -0.05) is 31.9 Å². The fraction of sp³-hybridized carbons (Fsp3) is 0.571. The van der Waals surface area contributed by atoms with Gasteiger partial charge in [0.25, 0.3) is 0 Å².